The maximum absolute atomic E-state index is 9.94. The van der Waals surface area contributed by atoms with E-state index in [1.54, 1.807) is 0 Å². The lowest BCUT2D eigenvalue weighted by Gasteiger charge is -2.23. The Morgan fingerprint density at radius 3 is 3.10 bits per heavy atom. The fraction of sp³-hybridized carbons (Fsp3) is 0.647. The third kappa shape index (κ3) is 6.04. The van der Waals surface area contributed by atoms with Crippen LogP contribution in [-0.4, -0.2) is 43.6 Å². The van der Waals surface area contributed by atoms with Crippen molar-refractivity contribution in [3.63, 3.8) is 0 Å². The molecule has 1 aromatic rings. The third-order valence-corrected chi connectivity index (χ3v) is 3.78. The summed E-state index contributed by atoms with van der Waals surface area (Å²) in [5, 5.41) is 13.2. The van der Waals surface area contributed by atoms with Crippen molar-refractivity contribution in [2.45, 2.75) is 44.8 Å². The molecule has 1 saturated heterocycles. The minimum atomic E-state index is -0.501. The lowest BCUT2D eigenvalue weighted by atomic mass is 10.1. The highest BCUT2D eigenvalue weighted by Gasteiger charge is 2.14. The van der Waals surface area contributed by atoms with Gasteiger partial charge in [-0.1, -0.05) is 19.1 Å². The van der Waals surface area contributed by atoms with Crippen LogP contribution >= 0.6 is 0 Å². The van der Waals surface area contributed by atoms with Crippen LogP contribution < -0.4 is 10.1 Å². The number of hydrogen-bond donors (Lipinski definition) is 2. The van der Waals surface area contributed by atoms with E-state index in [9.17, 15) is 5.11 Å². The summed E-state index contributed by atoms with van der Waals surface area (Å²) in [4.78, 5) is 0. The number of nitrogens with one attached hydrogen (secondary N) is 1. The summed E-state index contributed by atoms with van der Waals surface area (Å²) in [6, 6.07) is 8.01. The van der Waals surface area contributed by atoms with Gasteiger partial charge in [0, 0.05) is 19.7 Å². The van der Waals surface area contributed by atoms with Crippen molar-refractivity contribution in [3.8, 4) is 5.75 Å². The molecule has 118 valence electrons. The Morgan fingerprint density at radius 1 is 1.43 bits per heavy atom. The normalized spacial score (nSPS) is 20.2. The van der Waals surface area contributed by atoms with Crippen LogP contribution in [0.15, 0.2) is 24.3 Å². The fourth-order valence-corrected chi connectivity index (χ4v) is 2.49. The van der Waals surface area contributed by atoms with E-state index in [4.69, 9.17) is 9.47 Å². The van der Waals surface area contributed by atoms with Gasteiger partial charge in [-0.3, -0.25) is 0 Å². The molecule has 0 bridgehead atoms. The molecule has 21 heavy (non-hydrogen) atoms. The molecule has 4 heteroatoms. The monoisotopic (exact) mass is 293 g/mol. The largest absolute Gasteiger partial charge is 0.491 e. The van der Waals surface area contributed by atoms with E-state index in [0.717, 1.165) is 31.7 Å². The zero-order valence-corrected chi connectivity index (χ0v) is 12.9. The second-order valence-electron chi connectivity index (χ2n) is 5.61. The average molecular weight is 293 g/mol. The lowest BCUT2D eigenvalue weighted by Crippen LogP contribution is -2.37. The molecule has 1 fully saturated rings. The summed E-state index contributed by atoms with van der Waals surface area (Å²) in [5.74, 6) is 0.823. The van der Waals surface area contributed by atoms with Gasteiger partial charge in [-0.2, -0.15) is 0 Å². The molecule has 1 aromatic carbocycles. The van der Waals surface area contributed by atoms with Crippen molar-refractivity contribution in [2.24, 2.45) is 0 Å². The molecule has 0 spiro atoms. The molecule has 0 aromatic heterocycles. The van der Waals surface area contributed by atoms with Crippen LogP contribution in [0, 0.1) is 0 Å². The maximum atomic E-state index is 9.94. The van der Waals surface area contributed by atoms with Crippen LogP contribution in [0.2, 0.25) is 0 Å². The number of rotatable bonds is 8. The Bertz CT molecular complexity index is 405. The molecule has 2 rings (SSSR count). The van der Waals surface area contributed by atoms with Crippen molar-refractivity contribution in [1.82, 2.24) is 5.32 Å². The van der Waals surface area contributed by atoms with Crippen LogP contribution in [0.25, 0.3) is 0 Å². The number of benzene rings is 1. The van der Waals surface area contributed by atoms with Gasteiger partial charge >= 0.3 is 0 Å². The predicted octanol–water partition coefficient (Wildman–Crippen LogP) is 2.15. The van der Waals surface area contributed by atoms with Gasteiger partial charge in [0.1, 0.15) is 18.5 Å². The van der Waals surface area contributed by atoms with E-state index in [1.807, 2.05) is 18.2 Å². The molecule has 0 radical (unpaired) electrons. The summed E-state index contributed by atoms with van der Waals surface area (Å²) in [5.41, 5.74) is 1.24. The Balaban J connectivity index is 1.61. The lowest BCUT2D eigenvalue weighted by molar-refractivity contribution is 0.0141. The molecule has 2 atom stereocenters. The predicted molar refractivity (Wildman–Crippen MR) is 83.8 cm³/mol. The van der Waals surface area contributed by atoms with Gasteiger partial charge in [-0.05, 0) is 43.4 Å². The molecule has 0 amide bonds. The first-order valence-electron chi connectivity index (χ1n) is 8.00. The summed E-state index contributed by atoms with van der Waals surface area (Å²) in [7, 11) is 0. The topological polar surface area (TPSA) is 50.7 Å². The second kappa shape index (κ2) is 9.03. The second-order valence-corrected chi connectivity index (χ2v) is 5.61. The molecule has 1 aliphatic heterocycles. The minimum Gasteiger partial charge on any atom is -0.491 e. The van der Waals surface area contributed by atoms with Crippen LogP contribution in [0.5, 0.6) is 5.75 Å². The Labute approximate surface area is 127 Å². The quantitative estimate of drug-likeness (QED) is 0.771. The minimum absolute atomic E-state index is 0.299. The highest BCUT2D eigenvalue weighted by atomic mass is 16.5. The summed E-state index contributed by atoms with van der Waals surface area (Å²) in [6.45, 7) is 4.64. The van der Waals surface area contributed by atoms with Gasteiger partial charge in [-0.25, -0.2) is 0 Å². The molecule has 2 unspecified atom stereocenters. The van der Waals surface area contributed by atoms with E-state index in [1.165, 1.54) is 18.4 Å². The smallest absolute Gasteiger partial charge is 0.119 e. The number of aryl methyl sites for hydroxylation is 1. The first-order valence-corrected chi connectivity index (χ1v) is 8.00. The Hall–Kier alpha value is -1.10. The van der Waals surface area contributed by atoms with E-state index in [0.29, 0.717) is 19.3 Å². The fourth-order valence-electron chi connectivity index (χ4n) is 2.49. The zero-order valence-electron chi connectivity index (χ0n) is 12.9. The van der Waals surface area contributed by atoms with E-state index >= 15 is 0 Å². The summed E-state index contributed by atoms with van der Waals surface area (Å²) < 4.78 is 11.3. The van der Waals surface area contributed by atoms with Gasteiger partial charge in [0.2, 0.25) is 0 Å². The summed E-state index contributed by atoms with van der Waals surface area (Å²) in [6.07, 6.45) is 4.31. The van der Waals surface area contributed by atoms with E-state index in [2.05, 4.69) is 18.3 Å². The third-order valence-electron chi connectivity index (χ3n) is 3.78. The molecule has 2 N–H and O–H groups in total. The highest BCUT2D eigenvalue weighted by molar-refractivity contribution is 5.28. The maximum Gasteiger partial charge on any atom is 0.119 e. The molecule has 0 saturated carbocycles. The number of aliphatic hydroxyl groups is 1. The van der Waals surface area contributed by atoms with Crippen molar-refractivity contribution in [3.05, 3.63) is 29.8 Å². The van der Waals surface area contributed by atoms with Gasteiger partial charge in [0.25, 0.3) is 0 Å². The average Bonchev–Trinajstić information content (AvgIpc) is 2.54. The highest BCUT2D eigenvalue weighted by Crippen LogP contribution is 2.14. The first-order chi connectivity index (χ1) is 10.3. The molecule has 0 aliphatic carbocycles. The van der Waals surface area contributed by atoms with E-state index < -0.39 is 6.10 Å². The first kappa shape index (κ1) is 16.3. The molecular weight excluding hydrogens is 266 g/mol. The van der Waals surface area contributed by atoms with Crippen LogP contribution in [0.4, 0.5) is 0 Å². The molecular formula is C17H27NO3. The molecule has 1 heterocycles. The van der Waals surface area contributed by atoms with Crippen molar-refractivity contribution < 1.29 is 14.6 Å². The van der Waals surface area contributed by atoms with Gasteiger partial charge in [0.05, 0.1) is 6.10 Å². The van der Waals surface area contributed by atoms with E-state index in [-0.39, 0.29) is 0 Å². The molecule has 1 aliphatic rings. The van der Waals surface area contributed by atoms with Gasteiger partial charge < -0.3 is 19.9 Å². The molecule has 4 nitrogen and oxygen atoms in total. The Morgan fingerprint density at radius 2 is 2.33 bits per heavy atom. The van der Waals surface area contributed by atoms with Gasteiger partial charge in [-0.15, -0.1) is 0 Å². The number of ether oxygens (including phenoxy) is 2. The zero-order chi connectivity index (χ0) is 14.9. The Kier molecular flexibility index (Phi) is 7.00. The van der Waals surface area contributed by atoms with Crippen LogP contribution in [-0.2, 0) is 11.2 Å². The number of hydrogen-bond acceptors (Lipinski definition) is 4. The van der Waals surface area contributed by atoms with Crippen LogP contribution in [0.1, 0.15) is 31.7 Å². The van der Waals surface area contributed by atoms with Crippen molar-refractivity contribution in [1.29, 1.82) is 0 Å². The standard InChI is InChI=1S/C17H27NO3/c1-2-14-6-5-8-16(10-14)21-13-15(19)11-18-12-17-7-3-4-9-20-17/h5-6,8,10,15,17-19H,2-4,7,9,11-13H2,1H3. The SMILES string of the molecule is CCc1cccc(OCC(O)CNCC2CCCCO2)c1. The van der Waals surface area contributed by atoms with Crippen molar-refractivity contribution in [2.75, 3.05) is 26.3 Å². The van der Waals surface area contributed by atoms with Gasteiger partial charge in [0.15, 0.2) is 0 Å². The number of aliphatic hydroxyl groups excluding tert-OH is 1. The van der Waals surface area contributed by atoms with Crippen LogP contribution in [0.3, 0.4) is 0 Å². The summed E-state index contributed by atoms with van der Waals surface area (Å²) >= 11 is 0. The van der Waals surface area contributed by atoms with Crippen molar-refractivity contribution >= 4 is 0 Å².